The lowest BCUT2D eigenvalue weighted by Crippen LogP contribution is -2.43. The second-order valence-corrected chi connectivity index (χ2v) is 4.63. The normalized spacial score (nSPS) is 19.3. The topological polar surface area (TPSA) is 75.5 Å². The molecule has 0 amide bonds. The van der Waals surface area contributed by atoms with Crippen LogP contribution < -0.4 is 0 Å². The quantitative estimate of drug-likeness (QED) is 0.754. The molecule has 0 saturated carbocycles. The summed E-state index contributed by atoms with van der Waals surface area (Å²) in [6.45, 7) is 2.63. The Bertz CT molecular complexity index is 513. The summed E-state index contributed by atoms with van der Waals surface area (Å²) in [6.07, 6.45) is 1.71. The maximum absolute atomic E-state index is 11.3. The second kappa shape index (κ2) is 6.98. The van der Waals surface area contributed by atoms with E-state index in [0.717, 1.165) is 12.1 Å². The van der Waals surface area contributed by atoms with E-state index in [9.17, 15) is 4.79 Å². The average molecular weight is 275 g/mol. The number of carbonyl (C=O) groups is 1. The fourth-order valence-electron chi connectivity index (χ4n) is 2.22. The summed E-state index contributed by atoms with van der Waals surface area (Å²) in [5.41, 5.74) is 1.34. The van der Waals surface area contributed by atoms with Crippen LogP contribution in [0, 0.1) is 11.3 Å². The van der Waals surface area contributed by atoms with Crippen LogP contribution in [0.2, 0.25) is 0 Å². The van der Waals surface area contributed by atoms with Crippen LogP contribution in [0.25, 0.3) is 0 Å². The van der Waals surface area contributed by atoms with E-state index >= 15 is 0 Å². The van der Waals surface area contributed by atoms with E-state index in [1.807, 2.05) is 12.1 Å². The predicted molar refractivity (Wildman–Crippen MR) is 70.6 cm³/mol. The number of ether oxygens (including phenoxy) is 2. The Balaban J connectivity index is 1.96. The molecule has 2 heterocycles. The van der Waals surface area contributed by atoms with E-state index in [2.05, 4.69) is 20.7 Å². The molecule has 106 valence electrons. The summed E-state index contributed by atoms with van der Waals surface area (Å²) in [6, 6.07) is 5.82. The molecule has 0 aliphatic carbocycles. The molecular formula is C14H17N3O3. The molecule has 6 heteroatoms. The summed E-state index contributed by atoms with van der Waals surface area (Å²) in [5, 5.41) is 9.03. The molecule has 1 aromatic heterocycles. The third-order valence-corrected chi connectivity index (χ3v) is 3.24. The molecule has 2 rings (SSSR count). The van der Waals surface area contributed by atoms with Crippen LogP contribution in [0.5, 0.6) is 0 Å². The van der Waals surface area contributed by atoms with E-state index in [1.54, 1.807) is 6.20 Å². The maximum Gasteiger partial charge on any atom is 0.308 e. The number of nitriles is 1. The Morgan fingerprint density at radius 1 is 1.70 bits per heavy atom. The van der Waals surface area contributed by atoms with Crippen LogP contribution in [0.15, 0.2) is 18.3 Å². The fourth-order valence-corrected chi connectivity index (χ4v) is 2.22. The van der Waals surface area contributed by atoms with Gasteiger partial charge in [0.2, 0.25) is 0 Å². The van der Waals surface area contributed by atoms with Crippen molar-refractivity contribution in [2.45, 2.75) is 19.1 Å². The SMILES string of the molecule is COC(=O)CC1CN(Cc2cccnc2C#N)CCO1. The van der Waals surface area contributed by atoms with Crippen molar-refractivity contribution in [2.24, 2.45) is 0 Å². The molecule has 1 aliphatic rings. The standard InChI is InChI=1S/C14H17N3O3/c1-19-14(18)7-12-10-17(5-6-20-12)9-11-3-2-4-16-13(11)8-15/h2-4,12H,5-7,9-10H2,1H3. The van der Waals surface area contributed by atoms with Gasteiger partial charge in [0.1, 0.15) is 11.8 Å². The van der Waals surface area contributed by atoms with E-state index in [4.69, 9.17) is 10.00 Å². The van der Waals surface area contributed by atoms with Gasteiger partial charge in [-0.3, -0.25) is 9.69 Å². The third-order valence-electron chi connectivity index (χ3n) is 3.24. The minimum Gasteiger partial charge on any atom is -0.469 e. The molecule has 20 heavy (non-hydrogen) atoms. The lowest BCUT2D eigenvalue weighted by Gasteiger charge is -2.32. The second-order valence-electron chi connectivity index (χ2n) is 4.63. The number of pyridine rings is 1. The average Bonchev–Trinajstić information content (AvgIpc) is 2.48. The van der Waals surface area contributed by atoms with Crippen molar-refractivity contribution in [2.75, 3.05) is 26.8 Å². The number of rotatable bonds is 4. The molecule has 1 aliphatic heterocycles. The molecule has 0 radical (unpaired) electrons. The molecule has 1 unspecified atom stereocenters. The van der Waals surface area contributed by atoms with E-state index < -0.39 is 0 Å². The van der Waals surface area contributed by atoms with Crippen molar-refractivity contribution in [1.82, 2.24) is 9.88 Å². The number of hydrogen-bond donors (Lipinski definition) is 0. The van der Waals surface area contributed by atoms with Gasteiger partial charge in [-0.2, -0.15) is 5.26 Å². The van der Waals surface area contributed by atoms with Gasteiger partial charge >= 0.3 is 5.97 Å². The van der Waals surface area contributed by atoms with Gasteiger partial charge in [-0.25, -0.2) is 4.98 Å². The van der Waals surface area contributed by atoms with Crippen LogP contribution in [0.4, 0.5) is 0 Å². The Labute approximate surface area is 117 Å². The van der Waals surface area contributed by atoms with Crippen molar-refractivity contribution >= 4 is 5.97 Å². The van der Waals surface area contributed by atoms with Crippen LogP contribution in [-0.2, 0) is 20.8 Å². The number of esters is 1. The zero-order valence-corrected chi connectivity index (χ0v) is 11.4. The number of aromatic nitrogens is 1. The molecule has 0 spiro atoms. The summed E-state index contributed by atoms with van der Waals surface area (Å²) >= 11 is 0. The van der Waals surface area contributed by atoms with Crippen molar-refractivity contribution in [3.05, 3.63) is 29.6 Å². The maximum atomic E-state index is 11.3. The smallest absolute Gasteiger partial charge is 0.308 e. The number of carbonyl (C=O) groups excluding carboxylic acids is 1. The Morgan fingerprint density at radius 3 is 3.30 bits per heavy atom. The number of nitrogens with zero attached hydrogens (tertiary/aromatic N) is 3. The molecular weight excluding hydrogens is 258 g/mol. The third kappa shape index (κ3) is 3.76. The van der Waals surface area contributed by atoms with E-state index in [-0.39, 0.29) is 18.5 Å². The number of methoxy groups -OCH3 is 1. The van der Waals surface area contributed by atoms with E-state index in [0.29, 0.717) is 25.4 Å². The van der Waals surface area contributed by atoms with Gasteiger partial charge in [0, 0.05) is 31.4 Å². The molecule has 1 atom stereocenters. The Morgan fingerprint density at radius 2 is 2.55 bits per heavy atom. The van der Waals surface area contributed by atoms with Crippen LogP contribution in [0.3, 0.4) is 0 Å². The molecule has 0 bridgehead atoms. The highest BCUT2D eigenvalue weighted by atomic mass is 16.5. The minimum absolute atomic E-state index is 0.154. The van der Waals surface area contributed by atoms with Gasteiger partial charge < -0.3 is 9.47 Å². The summed E-state index contributed by atoms with van der Waals surface area (Å²) < 4.78 is 10.2. The fraction of sp³-hybridized carbons (Fsp3) is 0.500. The van der Waals surface area contributed by atoms with Gasteiger partial charge in [-0.05, 0) is 6.07 Å². The first kappa shape index (κ1) is 14.4. The van der Waals surface area contributed by atoms with Crippen LogP contribution in [0.1, 0.15) is 17.7 Å². The zero-order chi connectivity index (χ0) is 14.4. The summed E-state index contributed by atoms with van der Waals surface area (Å²) in [4.78, 5) is 17.5. The van der Waals surface area contributed by atoms with Crippen LogP contribution in [-0.4, -0.2) is 48.8 Å². The molecule has 1 saturated heterocycles. The van der Waals surface area contributed by atoms with E-state index in [1.165, 1.54) is 7.11 Å². The molecule has 0 aromatic carbocycles. The number of morpholine rings is 1. The van der Waals surface area contributed by atoms with Gasteiger partial charge in [0.15, 0.2) is 0 Å². The van der Waals surface area contributed by atoms with Gasteiger partial charge in [-0.1, -0.05) is 6.07 Å². The van der Waals surface area contributed by atoms with Gasteiger partial charge in [0.25, 0.3) is 0 Å². The monoisotopic (exact) mass is 275 g/mol. The van der Waals surface area contributed by atoms with Crippen LogP contribution >= 0.6 is 0 Å². The molecule has 6 nitrogen and oxygen atoms in total. The Hall–Kier alpha value is -1.97. The first-order valence-corrected chi connectivity index (χ1v) is 6.47. The first-order valence-electron chi connectivity index (χ1n) is 6.47. The molecule has 0 N–H and O–H groups in total. The highest BCUT2D eigenvalue weighted by Crippen LogP contribution is 2.14. The lowest BCUT2D eigenvalue weighted by atomic mass is 10.1. The largest absolute Gasteiger partial charge is 0.469 e. The molecule has 1 aromatic rings. The highest BCUT2D eigenvalue weighted by Gasteiger charge is 2.23. The van der Waals surface area contributed by atoms with Crippen molar-refractivity contribution < 1.29 is 14.3 Å². The number of hydrogen-bond acceptors (Lipinski definition) is 6. The zero-order valence-electron chi connectivity index (χ0n) is 11.4. The van der Waals surface area contributed by atoms with Gasteiger partial charge in [0.05, 0.1) is 26.2 Å². The predicted octanol–water partition coefficient (Wildman–Crippen LogP) is 0.717. The summed E-state index contributed by atoms with van der Waals surface area (Å²) in [5.74, 6) is -0.268. The first-order chi connectivity index (χ1) is 9.72. The minimum atomic E-state index is -0.268. The molecule has 1 fully saturated rings. The van der Waals surface area contributed by atoms with Crippen molar-refractivity contribution in [1.29, 1.82) is 5.26 Å². The van der Waals surface area contributed by atoms with Gasteiger partial charge in [-0.15, -0.1) is 0 Å². The highest BCUT2D eigenvalue weighted by molar-refractivity contribution is 5.69. The van der Waals surface area contributed by atoms with Crippen molar-refractivity contribution in [3.8, 4) is 6.07 Å². The lowest BCUT2D eigenvalue weighted by molar-refractivity contribution is -0.145. The van der Waals surface area contributed by atoms with Crippen molar-refractivity contribution in [3.63, 3.8) is 0 Å². The summed E-state index contributed by atoms with van der Waals surface area (Å²) in [7, 11) is 1.37. The Kier molecular flexibility index (Phi) is 5.04.